The van der Waals surface area contributed by atoms with E-state index < -0.39 is 0 Å². The molecule has 0 spiro atoms. The summed E-state index contributed by atoms with van der Waals surface area (Å²) in [7, 11) is 0. The second-order valence-electron chi connectivity index (χ2n) is 5.37. The molecule has 0 unspecified atom stereocenters. The summed E-state index contributed by atoms with van der Waals surface area (Å²) in [6.07, 6.45) is 1.18. The van der Waals surface area contributed by atoms with Crippen LogP contribution in [0.3, 0.4) is 0 Å². The first-order chi connectivity index (χ1) is 10.7. The maximum absolute atomic E-state index is 13.0. The van der Waals surface area contributed by atoms with Gasteiger partial charge >= 0.3 is 5.97 Å². The third kappa shape index (κ3) is 3.31. The Hall–Kier alpha value is -2.27. The van der Waals surface area contributed by atoms with Crippen molar-refractivity contribution in [2.45, 2.75) is 12.5 Å². The van der Waals surface area contributed by atoms with Crippen LogP contribution < -0.4 is 5.32 Å². The van der Waals surface area contributed by atoms with Crippen molar-refractivity contribution in [3.63, 3.8) is 0 Å². The number of aromatic nitrogens is 1. The third-order valence-electron chi connectivity index (χ3n) is 3.87. The number of carbonyl (C=O) groups is 1. The van der Waals surface area contributed by atoms with E-state index in [1.807, 2.05) is 30.3 Å². The molecule has 1 aliphatic heterocycles. The minimum Gasteiger partial charge on any atom is -0.461 e. The molecule has 114 valence electrons. The monoisotopic (exact) mass is 300 g/mol. The second kappa shape index (κ2) is 6.66. The summed E-state index contributed by atoms with van der Waals surface area (Å²) in [5.41, 5.74) is 1.67. The lowest BCUT2D eigenvalue weighted by molar-refractivity contribution is -0.149. The minimum atomic E-state index is -0.377. The molecule has 1 aliphatic rings. The molecule has 1 N–H and O–H groups in total. The number of ether oxygens (including phenoxy) is 1. The maximum Gasteiger partial charge on any atom is 0.311 e. The molecule has 0 amide bonds. The van der Waals surface area contributed by atoms with Gasteiger partial charge in [0.05, 0.1) is 12.1 Å². The highest BCUT2D eigenvalue weighted by atomic mass is 19.1. The van der Waals surface area contributed by atoms with E-state index in [4.69, 9.17) is 4.74 Å². The molecule has 1 aromatic carbocycles. The smallest absolute Gasteiger partial charge is 0.311 e. The lowest BCUT2D eigenvalue weighted by Crippen LogP contribution is -2.24. The molecule has 2 atom stereocenters. The molecular formula is C17H17FN2O2. The van der Waals surface area contributed by atoms with Gasteiger partial charge in [0.1, 0.15) is 12.4 Å². The summed E-state index contributed by atoms with van der Waals surface area (Å²) in [5.74, 6) is -0.992. The number of nitrogens with zero attached hydrogens (tertiary/aromatic N) is 1. The third-order valence-corrected chi connectivity index (χ3v) is 3.87. The van der Waals surface area contributed by atoms with Crippen molar-refractivity contribution in [1.29, 1.82) is 0 Å². The molecular weight excluding hydrogens is 283 g/mol. The fourth-order valence-corrected chi connectivity index (χ4v) is 2.68. The Morgan fingerprint density at radius 1 is 1.23 bits per heavy atom. The number of esters is 1. The van der Waals surface area contributed by atoms with Gasteiger partial charge in [-0.15, -0.1) is 0 Å². The van der Waals surface area contributed by atoms with Gasteiger partial charge in [-0.1, -0.05) is 30.3 Å². The first-order valence-corrected chi connectivity index (χ1v) is 7.27. The molecule has 4 nitrogen and oxygen atoms in total. The highest BCUT2D eigenvalue weighted by Crippen LogP contribution is 2.28. The second-order valence-corrected chi connectivity index (χ2v) is 5.37. The summed E-state index contributed by atoms with van der Waals surface area (Å²) >= 11 is 0. The number of benzene rings is 1. The van der Waals surface area contributed by atoms with Crippen LogP contribution in [0.2, 0.25) is 0 Å². The first-order valence-electron chi connectivity index (χ1n) is 7.27. The summed E-state index contributed by atoms with van der Waals surface area (Å²) in [5, 5.41) is 3.18. The van der Waals surface area contributed by atoms with E-state index in [-0.39, 0.29) is 30.2 Å². The van der Waals surface area contributed by atoms with Crippen LogP contribution in [0.1, 0.15) is 17.2 Å². The molecule has 5 heteroatoms. The number of halogens is 1. The predicted octanol–water partition coefficient (Wildman–Crippen LogP) is 2.27. The maximum atomic E-state index is 13.0. The number of hydrogen-bond acceptors (Lipinski definition) is 4. The van der Waals surface area contributed by atoms with Gasteiger partial charge in [0.25, 0.3) is 0 Å². The number of hydrogen-bond donors (Lipinski definition) is 1. The molecule has 0 saturated carbocycles. The van der Waals surface area contributed by atoms with E-state index in [0.29, 0.717) is 18.8 Å². The summed E-state index contributed by atoms with van der Waals surface area (Å²) < 4.78 is 18.4. The van der Waals surface area contributed by atoms with Gasteiger partial charge in [-0.25, -0.2) is 4.39 Å². The summed E-state index contributed by atoms with van der Waals surface area (Å²) in [6, 6.07) is 12.6. The molecule has 0 aliphatic carbocycles. The number of rotatable bonds is 4. The number of pyridine rings is 1. The van der Waals surface area contributed by atoms with Gasteiger partial charge in [-0.2, -0.15) is 0 Å². The van der Waals surface area contributed by atoms with Crippen LogP contribution in [0.4, 0.5) is 4.39 Å². The Balaban J connectivity index is 1.65. The van der Waals surface area contributed by atoms with E-state index in [0.717, 1.165) is 5.56 Å². The van der Waals surface area contributed by atoms with Crippen LogP contribution in [0.25, 0.3) is 0 Å². The fourth-order valence-electron chi connectivity index (χ4n) is 2.68. The van der Waals surface area contributed by atoms with E-state index >= 15 is 0 Å². The molecule has 0 bridgehead atoms. The van der Waals surface area contributed by atoms with Gasteiger partial charge in [0.15, 0.2) is 0 Å². The zero-order chi connectivity index (χ0) is 15.4. The molecule has 1 fully saturated rings. The van der Waals surface area contributed by atoms with Crippen molar-refractivity contribution in [1.82, 2.24) is 10.3 Å². The highest BCUT2D eigenvalue weighted by Gasteiger charge is 2.36. The van der Waals surface area contributed by atoms with Crippen LogP contribution >= 0.6 is 0 Å². The zero-order valence-corrected chi connectivity index (χ0v) is 12.0. The molecule has 2 aromatic rings. The van der Waals surface area contributed by atoms with Crippen molar-refractivity contribution in [3.05, 3.63) is 65.7 Å². The number of nitrogens with one attached hydrogen (secondary N) is 1. The van der Waals surface area contributed by atoms with E-state index in [2.05, 4.69) is 10.3 Å². The predicted molar refractivity (Wildman–Crippen MR) is 79.5 cm³/mol. The zero-order valence-electron chi connectivity index (χ0n) is 12.0. The Morgan fingerprint density at radius 3 is 2.77 bits per heavy atom. The van der Waals surface area contributed by atoms with Gasteiger partial charge in [0, 0.05) is 24.7 Å². The van der Waals surface area contributed by atoms with Crippen molar-refractivity contribution < 1.29 is 13.9 Å². The molecule has 1 aromatic heterocycles. The van der Waals surface area contributed by atoms with Gasteiger partial charge in [-0.3, -0.25) is 9.78 Å². The standard InChI is InChI=1S/C17H17FN2O2/c18-13-6-7-16(20-8-13)14-9-19-10-15(14)17(21)22-11-12-4-2-1-3-5-12/h1-8,14-15,19H,9-11H2/t14-,15-/m0/s1. The largest absolute Gasteiger partial charge is 0.461 e. The molecule has 3 rings (SSSR count). The van der Waals surface area contributed by atoms with Crippen molar-refractivity contribution in [2.75, 3.05) is 13.1 Å². The number of carbonyl (C=O) groups excluding carboxylic acids is 1. The molecule has 1 saturated heterocycles. The molecule has 22 heavy (non-hydrogen) atoms. The topological polar surface area (TPSA) is 51.2 Å². The van der Waals surface area contributed by atoms with Crippen LogP contribution in [0.15, 0.2) is 48.7 Å². The van der Waals surface area contributed by atoms with E-state index in [9.17, 15) is 9.18 Å². The van der Waals surface area contributed by atoms with Gasteiger partial charge in [0.2, 0.25) is 0 Å². The van der Waals surface area contributed by atoms with Gasteiger partial charge < -0.3 is 10.1 Å². The average molecular weight is 300 g/mol. The Morgan fingerprint density at radius 2 is 2.05 bits per heavy atom. The van der Waals surface area contributed by atoms with Crippen LogP contribution in [0.5, 0.6) is 0 Å². The minimum absolute atomic E-state index is 0.0797. The normalized spacial score (nSPS) is 20.8. The van der Waals surface area contributed by atoms with Gasteiger partial charge in [-0.05, 0) is 17.7 Å². The Labute approximate surface area is 128 Å². The quantitative estimate of drug-likeness (QED) is 0.880. The average Bonchev–Trinajstić information content (AvgIpc) is 3.04. The molecule has 0 radical (unpaired) electrons. The highest BCUT2D eigenvalue weighted by molar-refractivity contribution is 5.74. The van der Waals surface area contributed by atoms with E-state index in [1.165, 1.54) is 12.3 Å². The van der Waals surface area contributed by atoms with Crippen LogP contribution in [0, 0.1) is 11.7 Å². The Kier molecular flexibility index (Phi) is 4.44. The van der Waals surface area contributed by atoms with Crippen molar-refractivity contribution in [2.24, 2.45) is 5.92 Å². The lowest BCUT2D eigenvalue weighted by Gasteiger charge is -2.17. The molecule has 2 heterocycles. The SMILES string of the molecule is O=C(OCc1ccccc1)[C@H]1CNC[C@@H]1c1ccc(F)cn1. The fraction of sp³-hybridized carbons (Fsp3) is 0.294. The summed E-state index contributed by atoms with van der Waals surface area (Å²) in [4.78, 5) is 16.4. The van der Waals surface area contributed by atoms with Crippen LogP contribution in [-0.2, 0) is 16.1 Å². The first kappa shape index (κ1) is 14.7. The van der Waals surface area contributed by atoms with E-state index in [1.54, 1.807) is 6.07 Å². The lowest BCUT2D eigenvalue weighted by atomic mass is 9.92. The Bertz CT molecular complexity index is 631. The van der Waals surface area contributed by atoms with Crippen molar-refractivity contribution in [3.8, 4) is 0 Å². The summed E-state index contributed by atoms with van der Waals surface area (Å²) in [6.45, 7) is 1.46. The van der Waals surface area contributed by atoms with Crippen molar-refractivity contribution >= 4 is 5.97 Å². The van der Waals surface area contributed by atoms with Crippen LogP contribution in [-0.4, -0.2) is 24.0 Å².